The second-order valence-corrected chi connectivity index (χ2v) is 23.8. The number of likely N-dealkylation sites (N-methyl/N-ethyl adjacent to an activating group) is 1. The van der Waals surface area contributed by atoms with Crippen molar-refractivity contribution in [1.82, 2.24) is 0 Å². The number of aliphatic carboxylic acids is 1. The number of rotatable bonds is 62. The van der Waals surface area contributed by atoms with Crippen LogP contribution in [0.25, 0.3) is 0 Å². The first-order chi connectivity index (χ1) is 36.6. The van der Waals surface area contributed by atoms with Gasteiger partial charge in [-0.3, -0.25) is 9.59 Å². The Labute approximate surface area is 465 Å². The molecule has 0 aliphatic carbocycles. The molecule has 444 valence electrons. The first-order valence-electron chi connectivity index (χ1n) is 32.9. The number of carboxylic acids is 1. The van der Waals surface area contributed by atoms with Gasteiger partial charge in [-0.25, -0.2) is 4.79 Å². The van der Waals surface area contributed by atoms with Gasteiger partial charge in [-0.05, 0) is 38.5 Å². The summed E-state index contributed by atoms with van der Waals surface area (Å²) in [6.07, 6.45) is 66.0. The molecule has 0 saturated heterocycles. The second-order valence-electron chi connectivity index (χ2n) is 23.8. The Morgan fingerprint density at radius 1 is 0.387 bits per heavy atom. The molecule has 0 fully saturated rings. The summed E-state index contributed by atoms with van der Waals surface area (Å²) in [5, 5.41) is 9.73. The molecule has 0 rings (SSSR count). The van der Waals surface area contributed by atoms with E-state index in [1.165, 1.54) is 270 Å². The van der Waals surface area contributed by atoms with E-state index in [0.29, 0.717) is 17.4 Å². The number of hydrogen-bond acceptors (Lipinski definition) is 7. The molecule has 0 aliphatic rings. The van der Waals surface area contributed by atoms with Crippen molar-refractivity contribution in [1.29, 1.82) is 0 Å². The normalized spacial score (nSPS) is 12.7. The van der Waals surface area contributed by atoms with E-state index in [1.807, 2.05) is 21.1 Å². The molecule has 0 heterocycles. The molecule has 1 N–H and O–H groups in total. The van der Waals surface area contributed by atoms with Crippen LogP contribution >= 0.6 is 0 Å². The van der Waals surface area contributed by atoms with Gasteiger partial charge < -0.3 is 28.5 Å². The molecule has 9 heteroatoms. The van der Waals surface area contributed by atoms with E-state index >= 15 is 0 Å². The highest BCUT2D eigenvalue weighted by molar-refractivity contribution is 5.71. The maximum Gasteiger partial charge on any atom is 0.361 e. The average molecular weight is 1060 g/mol. The standard InChI is InChI=1S/C66H127NO8/c1-6-8-10-12-14-16-18-20-22-24-26-28-30-31-32-33-35-37-39-41-43-45-47-49-51-53-55-57-64(69)75-62(61-74-66(65(70)71)72-59-58-67(3,4)5)60-73-63(68)56-54-52-50-48-46-44-42-40-38-36-34-29-27-25-23-21-19-17-15-13-11-9-7-2/h24,26,62,66H,6-23,25,27-61H2,1-5H3/p+1/b26-24-. The summed E-state index contributed by atoms with van der Waals surface area (Å²) in [7, 11) is 5.99. The highest BCUT2D eigenvalue weighted by atomic mass is 16.7. The number of allylic oxidation sites excluding steroid dienone is 2. The van der Waals surface area contributed by atoms with Crippen LogP contribution in [-0.4, -0.2) is 87.4 Å². The monoisotopic (exact) mass is 1060 g/mol. The lowest BCUT2D eigenvalue weighted by molar-refractivity contribution is -0.870. The molecule has 2 atom stereocenters. The molecule has 9 nitrogen and oxygen atoms in total. The van der Waals surface area contributed by atoms with Crippen molar-refractivity contribution >= 4 is 17.9 Å². The maximum atomic E-state index is 12.9. The Bertz CT molecular complexity index is 1240. The molecule has 0 saturated carbocycles. The molecule has 0 aliphatic heterocycles. The highest BCUT2D eigenvalue weighted by Gasteiger charge is 2.25. The van der Waals surface area contributed by atoms with Gasteiger partial charge in [0.25, 0.3) is 6.29 Å². The molecular weight excluding hydrogens is 935 g/mol. The lowest BCUT2D eigenvalue weighted by atomic mass is 10.0. The van der Waals surface area contributed by atoms with Crippen LogP contribution in [0.15, 0.2) is 12.2 Å². The topological polar surface area (TPSA) is 108 Å². The van der Waals surface area contributed by atoms with Gasteiger partial charge in [0.2, 0.25) is 0 Å². The van der Waals surface area contributed by atoms with Crippen molar-refractivity contribution in [3.63, 3.8) is 0 Å². The fourth-order valence-corrected chi connectivity index (χ4v) is 9.95. The summed E-state index contributed by atoms with van der Waals surface area (Å²) < 4.78 is 23.0. The third kappa shape index (κ3) is 59.5. The summed E-state index contributed by atoms with van der Waals surface area (Å²) in [6.45, 7) is 4.95. The van der Waals surface area contributed by atoms with Gasteiger partial charge in [0.05, 0.1) is 34.4 Å². The van der Waals surface area contributed by atoms with E-state index in [1.54, 1.807) is 0 Å². The van der Waals surface area contributed by atoms with Crippen LogP contribution in [0.3, 0.4) is 0 Å². The van der Waals surface area contributed by atoms with E-state index in [-0.39, 0.29) is 38.2 Å². The van der Waals surface area contributed by atoms with Gasteiger partial charge in [-0.15, -0.1) is 0 Å². The fraction of sp³-hybridized carbons (Fsp3) is 0.924. The Kier molecular flexibility index (Phi) is 56.7. The third-order valence-corrected chi connectivity index (χ3v) is 15.0. The molecular formula is C66H128NO8+. The Morgan fingerprint density at radius 3 is 0.987 bits per heavy atom. The molecule has 0 aromatic heterocycles. The van der Waals surface area contributed by atoms with E-state index in [0.717, 1.165) is 38.5 Å². The molecule has 2 unspecified atom stereocenters. The zero-order chi connectivity index (χ0) is 54.8. The molecule has 0 spiro atoms. The van der Waals surface area contributed by atoms with Gasteiger partial charge in [-0.1, -0.05) is 296 Å². The predicted octanol–water partition coefficient (Wildman–Crippen LogP) is 19.7. The van der Waals surface area contributed by atoms with Crippen molar-refractivity contribution in [3.05, 3.63) is 12.2 Å². The lowest BCUT2D eigenvalue weighted by Crippen LogP contribution is -2.40. The number of nitrogens with zero attached hydrogens (tertiary/aromatic N) is 1. The maximum absolute atomic E-state index is 12.9. The number of unbranched alkanes of at least 4 members (excludes halogenated alkanes) is 45. The van der Waals surface area contributed by atoms with Crippen LogP contribution in [0.1, 0.15) is 335 Å². The molecule has 0 radical (unpaired) electrons. The number of carbonyl (C=O) groups is 3. The van der Waals surface area contributed by atoms with Gasteiger partial charge in [0, 0.05) is 12.8 Å². The van der Waals surface area contributed by atoms with Crippen LogP contribution in [0.4, 0.5) is 0 Å². The van der Waals surface area contributed by atoms with Crippen LogP contribution in [-0.2, 0) is 33.3 Å². The van der Waals surface area contributed by atoms with Crippen molar-refractivity contribution in [2.75, 3.05) is 47.5 Å². The Morgan fingerprint density at radius 2 is 0.680 bits per heavy atom. The largest absolute Gasteiger partial charge is 0.477 e. The Balaban J connectivity index is 4.11. The summed E-state index contributed by atoms with van der Waals surface area (Å²) in [6, 6.07) is 0. The Hall–Kier alpha value is -1.97. The van der Waals surface area contributed by atoms with Gasteiger partial charge in [0.15, 0.2) is 6.10 Å². The van der Waals surface area contributed by atoms with Crippen molar-refractivity contribution in [2.24, 2.45) is 0 Å². The number of carbonyl (C=O) groups excluding carboxylic acids is 2. The molecule has 75 heavy (non-hydrogen) atoms. The fourth-order valence-electron chi connectivity index (χ4n) is 9.95. The minimum atomic E-state index is -1.51. The van der Waals surface area contributed by atoms with E-state index < -0.39 is 18.4 Å². The van der Waals surface area contributed by atoms with E-state index in [2.05, 4.69) is 26.0 Å². The number of quaternary nitrogens is 1. The summed E-state index contributed by atoms with van der Waals surface area (Å²) in [5.74, 6) is -1.97. The average Bonchev–Trinajstić information content (AvgIpc) is 3.38. The minimum Gasteiger partial charge on any atom is -0.477 e. The zero-order valence-corrected chi connectivity index (χ0v) is 50.7. The second kappa shape index (κ2) is 58.2. The van der Waals surface area contributed by atoms with Crippen molar-refractivity contribution < 1.29 is 42.9 Å². The lowest BCUT2D eigenvalue weighted by Gasteiger charge is -2.25. The van der Waals surface area contributed by atoms with Crippen LogP contribution < -0.4 is 0 Å². The molecule has 0 amide bonds. The minimum absolute atomic E-state index is 0.174. The number of esters is 2. The first kappa shape index (κ1) is 73.0. The van der Waals surface area contributed by atoms with Crippen molar-refractivity contribution in [2.45, 2.75) is 347 Å². The third-order valence-electron chi connectivity index (χ3n) is 15.0. The van der Waals surface area contributed by atoms with Crippen LogP contribution in [0.2, 0.25) is 0 Å². The molecule has 0 aromatic carbocycles. The van der Waals surface area contributed by atoms with Crippen LogP contribution in [0.5, 0.6) is 0 Å². The number of carboxylic acid groups (broad SMARTS) is 1. The zero-order valence-electron chi connectivity index (χ0n) is 50.7. The van der Waals surface area contributed by atoms with E-state index in [9.17, 15) is 19.5 Å². The summed E-state index contributed by atoms with van der Waals surface area (Å²) in [4.78, 5) is 37.5. The molecule has 0 aromatic rings. The quantitative estimate of drug-likeness (QED) is 0.0211. The van der Waals surface area contributed by atoms with Gasteiger partial charge in [0.1, 0.15) is 13.2 Å². The van der Waals surface area contributed by atoms with Gasteiger partial charge >= 0.3 is 17.9 Å². The smallest absolute Gasteiger partial charge is 0.361 e. The summed E-state index contributed by atoms with van der Waals surface area (Å²) in [5.41, 5.74) is 0. The number of ether oxygens (including phenoxy) is 4. The first-order valence-corrected chi connectivity index (χ1v) is 32.9. The van der Waals surface area contributed by atoms with Crippen LogP contribution in [0, 0.1) is 0 Å². The summed E-state index contributed by atoms with van der Waals surface area (Å²) >= 11 is 0. The van der Waals surface area contributed by atoms with Gasteiger partial charge in [-0.2, -0.15) is 0 Å². The molecule has 0 bridgehead atoms. The van der Waals surface area contributed by atoms with Crippen molar-refractivity contribution in [3.8, 4) is 0 Å². The van der Waals surface area contributed by atoms with E-state index in [4.69, 9.17) is 18.9 Å². The predicted molar refractivity (Wildman–Crippen MR) is 318 cm³/mol. The SMILES string of the molecule is CCCCCCCCCC/C=C\CCCCCCCCCCCCCCCCCC(=O)OC(COC(=O)CCCCCCCCCCCCCCCCCCCCCCCCC)COC(OCC[N+](C)(C)C)C(=O)O. The number of hydrogen-bond donors (Lipinski definition) is 1. The highest BCUT2D eigenvalue weighted by Crippen LogP contribution is 2.18.